The van der Waals surface area contributed by atoms with Crippen LogP contribution in [0.25, 0.3) is 0 Å². The highest BCUT2D eigenvalue weighted by molar-refractivity contribution is 9.10. The Balaban J connectivity index is 2.49. The summed E-state index contributed by atoms with van der Waals surface area (Å²) in [4.78, 5) is 1.17. The van der Waals surface area contributed by atoms with E-state index in [2.05, 4.69) is 44.7 Å². The van der Waals surface area contributed by atoms with E-state index in [0.717, 1.165) is 5.69 Å². The highest BCUT2D eigenvalue weighted by Gasteiger charge is 2.23. The number of nitrogens with one attached hydrogen (secondary N) is 1. The average molecular weight is 302 g/mol. The van der Waals surface area contributed by atoms with Gasteiger partial charge in [-0.1, -0.05) is 5.21 Å². The number of aryl methyl sites for hydroxylation is 2. The van der Waals surface area contributed by atoms with Crippen molar-refractivity contribution in [3.05, 3.63) is 32.2 Å². The van der Waals surface area contributed by atoms with Crippen LogP contribution in [0.2, 0.25) is 0 Å². The molecule has 1 unspecified atom stereocenters. The van der Waals surface area contributed by atoms with E-state index in [1.807, 2.05) is 12.4 Å². The predicted octanol–water partition coefficient (Wildman–Crippen LogP) is 1.50. The molecule has 1 atom stereocenters. The topological polar surface area (TPSA) is 68.8 Å². The first kappa shape index (κ1) is 11.7. The van der Waals surface area contributed by atoms with Gasteiger partial charge in [-0.25, -0.2) is 10.1 Å². The summed E-state index contributed by atoms with van der Waals surface area (Å²) in [7, 11) is 1.85. The van der Waals surface area contributed by atoms with E-state index in [-0.39, 0.29) is 6.04 Å². The zero-order chi connectivity index (χ0) is 11.7. The monoisotopic (exact) mass is 301 g/mol. The number of hydrazine groups is 1. The molecule has 2 heterocycles. The molecule has 86 valence electrons. The lowest BCUT2D eigenvalue weighted by molar-refractivity contribution is 0.574. The number of hydrogen-bond donors (Lipinski definition) is 2. The number of hydrogen-bond acceptors (Lipinski definition) is 5. The number of rotatable bonds is 3. The average Bonchev–Trinajstić information content (AvgIpc) is 2.80. The first-order valence-corrected chi connectivity index (χ1v) is 6.37. The van der Waals surface area contributed by atoms with Crippen LogP contribution in [0, 0.1) is 6.92 Å². The third kappa shape index (κ3) is 1.91. The molecule has 2 rings (SSSR count). The fraction of sp³-hybridized carbons (Fsp3) is 0.333. The van der Waals surface area contributed by atoms with Gasteiger partial charge in [0.2, 0.25) is 0 Å². The van der Waals surface area contributed by atoms with Crippen molar-refractivity contribution in [3.8, 4) is 0 Å². The van der Waals surface area contributed by atoms with Crippen molar-refractivity contribution < 1.29 is 0 Å². The van der Waals surface area contributed by atoms with Crippen LogP contribution >= 0.6 is 27.3 Å². The van der Waals surface area contributed by atoms with Gasteiger partial charge in [-0.05, 0) is 39.9 Å². The van der Waals surface area contributed by atoms with Gasteiger partial charge < -0.3 is 0 Å². The molecule has 3 N–H and O–H groups in total. The lowest BCUT2D eigenvalue weighted by Crippen LogP contribution is -2.30. The maximum absolute atomic E-state index is 5.63. The normalized spacial score (nSPS) is 13.0. The van der Waals surface area contributed by atoms with Gasteiger partial charge in [0.15, 0.2) is 4.60 Å². The first-order chi connectivity index (χ1) is 7.65. The van der Waals surface area contributed by atoms with Crippen LogP contribution in [0.3, 0.4) is 0 Å². The zero-order valence-electron chi connectivity index (χ0n) is 8.94. The largest absolute Gasteiger partial charge is 0.270 e. The third-order valence-electron chi connectivity index (χ3n) is 2.43. The van der Waals surface area contributed by atoms with Gasteiger partial charge in [-0.3, -0.25) is 5.84 Å². The second kappa shape index (κ2) is 4.62. The van der Waals surface area contributed by atoms with Crippen LogP contribution in [-0.2, 0) is 7.05 Å². The summed E-state index contributed by atoms with van der Waals surface area (Å²) in [5.41, 5.74) is 4.94. The molecule has 0 radical (unpaired) electrons. The summed E-state index contributed by atoms with van der Waals surface area (Å²) >= 11 is 5.05. The molecule has 0 bridgehead atoms. The molecular weight excluding hydrogens is 290 g/mol. The number of halogens is 1. The maximum atomic E-state index is 5.63. The molecule has 0 spiro atoms. The van der Waals surface area contributed by atoms with E-state index in [1.54, 1.807) is 16.0 Å². The molecule has 2 aromatic heterocycles. The van der Waals surface area contributed by atoms with E-state index in [9.17, 15) is 0 Å². The summed E-state index contributed by atoms with van der Waals surface area (Å²) in [5.74, 6) is 5.63. The van der Waals surface area contributed by atoms with Crippen molar-refractivity contribution in [2.75, 3.05) is 0 Å². The third-order valence-corrected chi connectivity index (χ3v) is 4.08. The lowest BCUT2D eigenvalue weighted by Gasteiger charge is -2.15. The quantitative estimate of drug-likeness (QED) is 0.666. The fourth-order valence-corrected chi connectivity index (χ4v) is 3.15. The molecular formula is C9H12BrN5S. The van der Waals surface area contributed by atoms with E-state index in [1.165, 1.54) is 10.4 Å². The summed E-state index contributed by atoms with van der Waals surface area (Å²) in [5, 5.41) is 9.97. The molecule has 0 amide bonds. The van der Waals surface area contributed by atoms with Crippen molar-refractivity contribution in [2.24, 2.45) is 12.9 Å². The fourth-order valence-electron chi connectivity index (χ4n) is 1.60. The number of nitrogens with two attached hydrogens (primary N) is 1. The minimum Gasteiger partial charge on any atom is -0.270 e. The van der Waals surface area contributed by atoms with Gasteiger partial charge in [0.05, 0.1) is 5.69 Å². The van der Waals surface area contributed by atoms with E-state index in [0.29, 0.717) is 4.60 Å². The van der Waals surface area contributed by atoms with Gasteiger partial charge in [-0.15, -0.1) is 16.4 Å². The van der Waals surface area contributed by atoms with E-state index in [4.69, 9.17) is 5.84 Å². The molecule has 0 aliphatic rings. The summed E-state index contributed by atoms with van der Waals surface area (Å²) < 4.78 is 2.43. The molecule has 0 fully saturated rings. The van der Waals surface area contributed by atoms with E-state index < -0.39 is 0 Å². The Kier molecular flexibility index (Phi) is 3.38. The van der Waals surface area contributed by atoms with Crippen molar-refractivity contribution in [1.29, 1.82) is 0 Å². The van der Waals surface area contributed by atoms with E-state index >= 15 is 0 Å². The Morgan fingerprint density at radius 3 is 2.81 bits per heavy atom. The molecule has 7 heteroatoms. The Hall–Kier alpha value is -0.760. The van der Waals surface area contributed by atoms with Crippen molar-refractivity contribution in [3.63, 3.8) is 0 Å². The number of aromatic nitrogens is 3. The van der Waals surface area contributed by atoms with Crippen LogP contribution in [0.4, 0.5) is 0 Å². The highest BCUT2D eigenvalue weighted by Crippen LogP contribution is 2.31. The second-order valence-electron chi connectivity index (χ2n) is 3.46. The highest BCUT2D eigenvalue weighted by atomic mass is 79.9. The van der Waals surface area contributed by atoms with Gasteiger partial charge >= 0.3 is 0 Å². The smallest absolute Gasteiger partial charge is 0.153 e. The Labute approximate surface area is 106 Å². The Morgan fingerprint density at radius 2 is 2.38 bits per heavy atom. The number of nitrogens with zero attached hydrogens (tertiary/aromatic N) is 3. The summed E-state index contributed by atoms with van der Waals surface area (Å²) in [6.07, 6.45) is 0. The van der Waals surface area contributed by atoms with Gasteiger partial charge in [0, 0.05) is 11.9 Å². The maximum Gasteiger partial charge on any atom is 0.153 e. The number of thiophene rings is 1. The standard InChI is InChI=1S/C9H12BrN5S/c1-5-3-4-16-8(5)6(12-11)7-9(10)13-14-15(7)2/h3-4,6,12H,11H2,1-2H3. The molecule has 0 saturated heterocycles. The van der Waals surface area contributed by atoms with Gasteiger partial charge in [0.1, 0.15) is 6.04 Å². The molecule has 0 aliphatic heterocycles. The van der Waals surface area contributed by atoms with Crippen molar-refractivity contribution in [1.82, 2.24) is 20.4 Å². The Bertz CT molecular complexity index is 472. The lowest BCUT2D eigenvalue weighted by atomic mass is 10.1. The Morgan fingerprint density at radius 1 is 1.62 bits per heavy atom. The predicted molar refractivity (Wildman–Crippen MR) is 66.9 cm³/mol. The van der Waals surface area contributed by atoms with Crippen molar-refractivity contribution >= 4 is 27.3 Å². The van der Waals surface area contributed by atoms with Crippen molar-refractivity contribution in [2.45, 2.75) is 13.0 Å². The molecule has 0 aromatic carbocycles. The van der Waals surface area contributed by atoms with Crippen LogP contribution in [0.5, 0.6) is 0 Å². The molecule has 2 aromatic rings. The van der Waals surface area contributed by atoms with Crippen LogP contribution < -0.4 is 11.3 Å². The molecule has 5 nitrogen and oxygen atoms in total. The molecule has 0 saturated carbocycles. The second-order valence-corrected chi connectivity index (χ2v) is 5.16. The molecule has 0 aliphatic carbocycles. The minimum absolute atomic E-state index is 0.0885. The minimum atomic E-state index is -0.0885. The zero-order valence-corrected chi connectivity index (χ0v) is 11.3. The van der Waals surface area contributed by atoms with Crippen LogP contribution in [-0.4, -0.2) is 15.0 Å². The summed E-state index contributed by atoms with van der Waals surface area (Å²) in [6.45, 7) is 2.06. The first-order valence-electron chi connectivity index (χ1n) is 4.70. The van der Waals surface area contributed by atoms with Crippen LogP contribution in [0.15, 0.2) is 16.0 Å². The van der Waals surface area contributed by atoms with Gasteiger partial charge in [0.25, 0.3) is 0 Å². The van der Waals surface area contributed by atoms with Gasteiger partial charge in [-0.2, -0.15) is 0 Å². The summed E-state index contributed by atoms with van der Waals surface area (Å²) in [6, 6.07) is 1.98. The molecule has 16 heavy (non-hydrogen) atoms. The van der Waals surface area contributed by atoms with Crippen LogP contribution in [0.1, 0.15) is 22.2 Å². The SMILES string of the molecule is Cc1ccsc1C(NN)c1c(Br)nnn1C.